The van der Waals surface area contributed by atoms with Gasteiger partial charge in [-0.3, -0.25) is 9.59 Å². The molecule has 0 radical (unpaired) electrons. The van der Waals surface area contributed by atoms with Crippen molar-refractivity contribution in [3.63, 3.8) is 0 Å². The summed E-state index contributed by atoms with van der Waals surface area (Å²) in [6.07, 6.45) is 7.99. The largest absolute Gasteiger partial charge is 0.497 e. The second-order valence-corrected chi connectivity index (χ2v) is 6.27. The Morgan fingerprint density at radius 3 is 1.70 bits per heavy atom. The number of hydrogen-bond donors (Lipinski definition) is 0. The Labute approximate surface area is 160 Å². The third-order valence-electron chi connectivity index (χ3n) is 4.48. The summed E-state index contributed by atoms with van der Waals surface area (Å²) in [5.74, 6) is 0.413. The first kappa shape index (κ1) is 20.6. The fourth-order valence-corrected chi connectivity index (χ4v) is 2.94. The van der Waals surface area contributed by atoms with Gasteiger partial charge in [-0.15, -0.1) is 0 Å². The van der Waals surface area contributed by atoms with Crippen LogP contribution in [0.1, 0.15) is 36.8 Å². The van der Waals surface area contributed by atoms with Gasteiger partial charge in [0.05, 0.1) is 21.3 Å². The molecule has 1 aromatic carbocycles. The van der Waals surface area contributed by atoms with E-state index in [1.54, 1.807) is 7.11 Å². The predicted octanol–water partition coefficient (Wildman–Crippen LogP) is 3.48. The number of nitrogens with zero attached hydrogens (tertiary/aromatic N) is 1. The fraction of sp³-hybridized carbons (Fsp3) is 0.429. The fourth-order valence-electron chi connectivity index (χ4n) is 2.94. The van der Waals surface area contributed by atoms with Gasteiger partial charge >= 0.3 is 11.9 Å². The van der Waals surface area contributed by atoms with Crippen LogP contribution < -0.4 is 4.74 Å². The molecule has 0 N–H and O–H groups in total. The number of hydrogen-bond acceptors (Lipinski definition) is 5. The summed E-state index contributed by atoms with van der Waals surface area (Å²) in [6.45, 7) is 0. The molecule has 6 heteroatoms. The molecule has 0 aliphatic rings. The van der Waals surface area contributed by atoms with Crippen LogP contribution in [0.4, 0.5) is 0 Å². The number of methoxy groups -OCH3 is 3. The molecule has 0 saturated heterocycles. The van der Waals surface area contributed by atoms with Crippen molar-refractivity contribution in [3.8, 4) is 11.4 Å². The molecule has 1 aromatic heterocycles. The Bertz CT molecular complexity index is 709. The lowest BCUT2D eigenvalue weighted by atomic mass is 10.0. The maximum Gasteiger partial charge on any atom is 0.305 e. The normalized spacial score (nSPS) is 10.5. The molecule has 0 atom stereocenters. The maximum atomic E-state index is 11.4. The average molecular weight is 373 g/mol. The molecule has 6 nitrogen and oxygen atoms in total. The quantitative estimate of drug-likeness (QED) is 0.597. The SMILES string of the molecule is COC(=O)CCCc1cn(-c2ccc(OC)cc2)cc1CCCC(=O)OC. The molecule has 2 aromatic rings. The molecule has 0 aliphatic carbocycles. The van der Waals surface area contributed by atoms with E-state index >= 15 is 0 Å². The third-order valence-corrected chi connectivity index (χ3v) is 4.48. The van der Waals surface area contributed by atoms with Crippen LogP contribution in [0.2, 0.25) is 0 Å². The number of carbonyl (C=O) groups is 2. The molecule has 0 aliphatic heterocycles. The highest BCUT2D eigenvalue weighted by molar-refractivity contribution is 5.69. The molecular weight excluding hydrogens is 346 g/mol. The zero-order valence-electron chi connectivity index (χ0n) is 16.2. The Morgan fingerprint density at radius 2 is 1.30 bits per heavy atom. The zero-order chi connectivity index (χ0) is 19.6. The minimum Gasteiger partial charge on any atom is -0.497 e. The number of rotatable bonds is 10. The predicted molar refractivity (Wildman–Crippen MR) is 102 cm³/mol. The van der Waals surface area contributed by atoms with E-state index in [0.29, 0.717) is 12.8 Å². The molecule has 0 fully saturated rings. The van der Waals surface area contributed by atoms with E-state index in [9.17, 15) is 9.59 Å². The average Bonchev–Trinajstić information content (AvgIpc) is 3.10. The van der Waals surface area contributed by atoms with Crippen LogP contribution in [0.3, 0.4) is 0 Å². The van der Waals surface area contributed by atoms with Gasteiger partial charge in [0, 0.05) is 30.9 Å². The lowest BCUT2D eigenvalue weighted by molar-refractivity contribution is -0.141. The van der Waals surface area contributed by atoms with Crippen molar-refractivity contribution >= 4 is 11.9 Å². The second-order valence-electron chi connectivity index (χ2n) is 6.27. The number of benzene rings is 1. The number of esters is 2. The van der Waals surface area contributed by atoms with Gasteiger partial charge in [-0.1, -0.05) is 0 Å². The first-order valence-corrected chi connectivity index (χ1v) is 9.05. The molecule has 0 saturated carbocycles. The van der Waals surface area contributed by atoms with Crippen molar-refractivity contribution in [1.82, 2.24) is 4.57 Å². The smallest absolute Gasteiger partial charge is 0.305 e. The molecule has 146 valence electrons. The van der Waals surface area contributed by atoms with E-state index in [0.717, 1.165) is 37.1 Å². The van der Waals surface area contributed by atoms with Crippen molar-refractivity contribution in [2.45, 2.75) is 38.5 Å². The number of carbonyl (C=O) groups excluding carboxylic acids is 2. The molecule has 0 bridgehead atoms. The van der Waals surface area contributed by atoms with E-state index in [1.165, 1.54) is 25.3 Å². The van der Waals surface area contributed by atoms with Gasteiger partial charge in [0.15, 0.2) is 0 Å². The van der Waals surface area contributed by atoms with Crippen LogP contribution in [0.25, 0.3) is 5.69 Å². The van der Waals surface area contributed by atoms with E-state index in [2.05, 4.69) is 17.0 Å². The van der Waals surface area contributed by atoms with Crippen molar-refractivity contribution in [1.29, 1.82) is 0 Å². The van der Waals surface area contributed by atoms with Crippen LogP contribution in [0.15, 0.2) is 36.7 Å². The minimum absolute atomic E-state index is 0.197. The standard InChI is InChI=1S/C21H27NO5/c1-25-19-12-10-18(11-13-19)22-14-16(6-4-8-20(23)26-2)17(15-22)7-5-9-21(24)27-3/h10-15H,4-9H2,1-3H3. The van der Waals surface area contributed by atoms with Gasteiger partial charge in [0.25, 0.3) is 0 Å². The van der Waals surface area contributed by atoms with E-state index in [4.69, 9.17) is 14.2 Å². The molecule has 0 spiro atoms. The Balaban J connectivity index is 2.13. The van der Waals surface area contributed by atoms with Crippen molar-refractivity contribution in [2.75, 3.05) is 21.3 Å². The summed E-state index contributed by atoms with van der Waals surface area (Å²) in [5.41, 5.74) is 3.39. The van der Waals surface area contributed by atoms with Crippen LogP contribution >= 0.6 is 0 Å². The van der Waals surface area contributed by atoms with Gasteiger partial charge in [-0.05, 0) is 61.1 Å². The lowest BCUT2D eigenvalue weighted by Crippen LogP contribution is -2.02. The van der Waals surface area contributed by atoms with Crippen molar-refractivity contribution in [3.05, 3.63) is 47.8 Å². The molecular formula is C21H27NO5. The lowest BCUT2D eigenvalue weighted by Gasteiger charge is -2.04. The van der Waals surface area contributed by atoms with Gasteiger partial charge in [-0.2, -0.15) is 0 Å². The monoisotopic (exact) mass is 373 g/mol. The molecule has 0 unspecified atom stereocenters. The summed E-state index contributed by atoms with van der Waals surface area (Å²) >= 11 is 0. The molecule has 1 heterocycles. The van der Waals surface area contributed by atoms with E-state index in [1.807, 2.05) is 24.3 Å². The Morgan fingerprint density at radius 1 is 0.815 bits per heavy atom. The van der Waals surface area contributed by atoms with Crippen molar-refractivity contribution < 1.29 is 23.8 Å². The highest BCUT2D eigenvalue weighted by atomic mass is 16.5. The Kier molecular flexibility index (Phi) is 7.92. The van der Waals surface area contributed by atoms with Gasteiger partial charge < -0.3 is 18.8 Å². The van der Waals surface area contributed by atoms with Crippen LogP contribution in [0, 0.1) is 0 Å². The maximum absolute atomic E-state index is 11.4. The summed E-state index contributed by atoms with van der Waals surface area (Å²) in [7, 11) is 4.45. The first-order valence-electron chi connectivity index (χ1n) is 9.05. The third kappa shape index (κ3) is 6.16. The van der Waals surface area contributed by atoms with Gasteiger partial charge in [0.2, 0.25) is 0 Å². The van der Waals surface area contributed by atoms with E-state index < -0.39 is 0 Å². The second kappa shape index (κ2) is 10.4. The summed E-state index contributed by atoms with van der Waals surface area (Å²) in [5, 5.41) is 0. The van der Waals surface area contributed by atoms with Crippen LogP contribution in [-0.2, 0) is 31.9 Å². The number of aromatic nitrogens is 1. The topological polar surface area (TPSA) is 66.8 Å². The Hall–Kier alpha value is -2.76. The first-order chi connectivity index (χ1) is 13.1. The highest BCUT2D eigenvalue weighted by Crippen LogP contribution is 2.22. The summed E-state index contributed by atoms with van der Waals surface area (Å²) in [6, 6.07) is 7.83. The van der Waals surface area contributed by atoms with Gasteiger partial charge in [0.1, 0.15) is 5.75 Å². The molecule has 2 rings (SSSR count). The van der Waals surface area contributed by atoms with Gasteiger partial charge in [-0.25, -0.2) is 0 Å². The molecule has 27 heavy (non-hydrogen) atoms. The zero-order valence-corrected chi connectivity index (χ0v) is 16.2. The van der Waals surface area contributed by atoms with E-state index in [-0.39, 0.29) is 11.9 Å². The summed E-state index contributed by atoms with van der Waals surface area (Å²) in [4.78, 5) is 22.7. The van der Waals surface area contributed by atoms with Crippen LogP contribution in [0.5, 0.6) is 5.75 Å². The molecule has 0 amide bonds. The minimum atomic E-state index is -0.197. The van der Waals surface area contributed by atoms with Crippen molar-refractivity contribution in [2.24, 2.45) is 0 Å². The van der Waals surface area contributed by atoms with Crippen LogP contribution in [-0.4, -0.2) is 37.8 Å². The summed E-state index contributed by atoms with van der Waals surface area (Å²) < 4.78 is 16.7. The highest BCUT2D eigenvalue weighted by Gasteiger charge is 2.11. The number of aryl methyl sites for hydroxylation is 2. The number of ether oxygens (including phenoxy) is 3.